The van der Waals surface area contributed by atoms with Gasteiger partial charge >= 0.3 is 0 Å². The molecule has 0 radical (unpaired) electrons. The molecule has 0 spiro atoms. The van der Waals surface area contributed by atoms with Crippen molar-refractivity contribution in [2.45, 2.75) is 38.6 Å². The van der Waals surface area contributed by atoms with Crippen LogP contribution in [-0.2, 0) is 23.0 Å². The Morgan fingerprint density at radius 1 is 1.38 bits per heavy atom. The fourth-order valence-corrected chi connectivity index (χ4v) is 5.77. The van der Waals surface area contributed by atoms with E-state index < -0.39 is 10.0 Å². The van der Waals surface area contributed by atoms with Crippen LogP contribution in [0.25, 0.3) is 0 Å². The average molecular weight is 347 g/mol. The summed E-state index contributed by atoms with van der Waals surface area (Å²) in [5, 5.41) is 10.8. The van der Waals surface area contributed by atoms with Crippen LogP contribution in [0.5, 0.6) is 0 Å². The summed E-state index contributed by atoms with van der Waals surface area (Å²) in [4.78, 5) is 0.905. The van der Waals surface area contributed by atoms with E-state index >= 15 is 0 Å². The molecule has 9 heteroatoms. The van der Waals surface area contributed by atoms with Gasteiger partial charge in [0.1, 0.15) is 9.90 Å². The van der Waals surface area contributed by atoms with Crippen molar-refractivity contribution in [2.75, 3.05) is 4.72 Å². The number of anilines is 1. The molecule has 0 unspecified atom stereocenters. The third-order valence-electron chi connectivity index (χ3n) is 2.71. The summed E-state index contributed by atoms with van der Waals surface area (Å²) < 4.78 is 27.4. The van der Waals surface area contributed by atoms with E-state index in [0.29, 0.717) is 21.5 Å². The quantitative estimate of drug-likeness (QED) is 0.837. The Labute approximate surface area is 132 Å². The third-order valence-corrected chi connectivity index (χ3v) is 6.53. The minimum absolute atomic E-state index is 0.198. The van der Waals surface area contributed by atoms with Crippen LogP contribution >= 0.6 is 22.7 Å². The number of nitrogens with one attached hydrogen (secondary N) is 1. The standard InChI is InChI=1S/C12H18N4O2S3/c1-7(2)4-10-14-15-12(20-10)16-21(17,18)11-8(3)6-19-9(11)5-13/h6-7H,4-5,13H2,1-3H3,(H,15,16). The van der Waals surface area contributed by atoms with E-state index in [2.05, 4.69) is 28.8 Å². The number of sulfonamides is 1. The van der Waals surface area contributed by atoms with Crippen LogP contribution in [0, 0.1) is 12.8 Å². The molecule has 21 heavy (non-hydrogen) atoms. The smallest absolute Gasteiger partial charge is 0.265 e. The summed E-state index contributed by atoms with van der Waals surface area (Å²) in [5.74, 6) is 0.449. The van der Waals surface area contributed by atoms with Crippen molar-refractivity contribution in [1.29, 1.82) is 0 Å². The van der Waals surface area contributed by atoms with Gasteiger partial charge in [0.15, 0.2) is 0 Å². The first-order chi connectivity index (χ1) is 9.83. The highest BCUT2D eigenvalue weighted by Crippen LogP contribution is 2.29. The SMILES string of the molecule is Cc1csc(CN)c1S(=O)(=O)Nc1nnc(CC(C)C)s1. The Hall–Kier alpha value is -1.03. The molecule has 3 N–H and O–H groups in total. The van der Waals surface area contributed by atoms with Gasteiger partial charge in [-0.3, -0.25) is 4.72 Å². The maximum Gasteiger partial charge on any atom is 0.265 e. The van der Waals surface area contributed by atoms with Crippen molar-refractivity contribution >= 4 is 37.8 Å². The predicted molar refractivity (Wildman–Crippen MR) is 86.2 cm³/mol. The summed E-state index contributed by atoms with van der Waals surface area (Å²) in [5.41, 5.74) is 6.30. The van der Waals surface area contributed by atoms with Crippen LogP contribution in [0.4, 0.5) is 5.13 Å². The molecule has 0 aliphatic carbocycles. The Morgan fingerprint density at radius 3 is 2.71 bits per heavy atom. The molecular formula is C12H18N4O2S3. The van der Waals surface area contributed by atoms with Gasteiger partial charge in [0, 0.05) is 17.8 Å². The van der Waals surface area contributed by atoms with E-state index in [-0.39, 0.29) is 11.4 Å². The molecule has 2 rings (SSSR count). The predicted octanol–water partition coefficient (Wildman–Crippen LogP) is 2.37. The minimum atomic E-state index is -3.67. The summed E-state index contributed by atoms with van der Waals surface area (Å²) in [6, 6.07) is 0. The van der Waals surface area contributed by atoms with E-state index in [1.54, 1.807) is 12.3 Å². The van der Waals surface area contributed by atoms with Crippen LogP contribution in [0.2, 0.25) is 0 Å². The van der Waals surface area contributed by atoms with Gasteiger partial charge in [0.25, 0.3) is 10.0 Å². The van der Waals surface area contributed by atoms with Gasteiger partial charge in [-0.2, -0.15) is 0 Å². The van der Waals surface area contributed by atoms with Gasteiger partial charge in [-0.1, -0.05) is 25.2 Å². The zero-order chi connectivity index (χ0) is 15.6. The number of nitrogens with two attached hydrogens (primary N) is 1. The van der Waals surface area contributed by atoms with Crippen molar-refractivity contribution < 1.29 is 8.42 Å². The Morgan fingerprint density at radius 2 is 2.10 bits per heavy atom. The van der Waals surface area contributed by atoms with Crippen molar-refractivity contribution in [1.82, 2.24) is 10.2 Å². The molecule has 0 amide bonds. The van der Waals surface area contributed by atoms with Crippen LogP contribution < -0.4 is 10.5 Å². The molecule has 0 aromatic carbocycles. The van der Waals surface area contributed by atoms with Crippen molar-refractivity contribution in [3.63, 3.8) is 0 Å². The largest absolute Gasteiger partial charge is 0.326 e. The minimum Gasteiger partial charge on any atom is -0.326 e. The van der Waals surface area contributed by atoms with Crippen LogP contribution in [0.3, 0.4) is 0 Å². The molecule has 2 heterocycles. The number of hydrogen-bond acceptors (Lipinski definition) is 7. The molecule has 116 valence electrons. The summed E-state index contributed by atoms with van der Waals surface area (Å²) >= 11 is 2.61. The van der Waals surface area contributed by atoms with Gasteiger partial charge in [-0.05, 0) is 23.8 Å². The first-order valence-corrected chi connectivity index (χ1v) is 9.63. The highest BCUT2D eigenvalue weighted by Gasteiger charge is 2.24. The molecule has 0 aliphatic heterocycles. The van der Waals surface area contributed by atoms with E-state index in [4.69, 9.17) is 5.73 Å². The van der Waals surface area contributed by atoms with Crippen LogP contribution in [0.15, 0.2) is 10.3 Å². The number of hydrogen-bond donors (Lipinski definition) is 2. The Kier molecular flexibility index (Phi) is 4.97. The number of aryl methyl sites for hydroxylation is 1. The van der Waals surface area contributed by atoms with E-state index in [0.717, 1.165) is 11.4 Å². The maximum absolute atomic E-state index is 12.5. The van der Waals surface area contributed by atoms with Gasteiger partial charge < -0.3 is 5.73 Å². The topological polar surface area (TPSA) is 98.0 Å². The molecule has 2 aromatic rings. The zero-order valence-electron chi connectivity index (χ0n) is 12.1. The fraction of sp³-hybridized carbons (Fsp3) is 0.500. The Balaban J connectivity index is 2.25. The lowest BCUT2D eigenvalue weighted by Crippen LogP contribution is -2.15. The first-order valence-electron chi connectivity index (χ1n) is 6.45. The lowest BCUT2D eigenvalue weighted by atomic mass is 10.1. The summed E-state index contributed by atoms with van der Waals surface area (Å²) in [7, 11) is -3.67. The third kappa shape index (κ3) is 3.79. The number of nitrogens with zero attached hydrogens (tertiary/aromatic N) is 2. The molecule has 0 saturated carbocycles. The van der Waals surface area contributed by atoms with E-state index in [1.165, 1.54) is 22.7 Å². The molecule has 0 atom stereocenters. The van der Waals surface area contributed by atoms with Gasteiger partial charge in [0.05, 0.1) is 0 Å². The summed E-state index contributed by atoms with van der Waals surface area (Å²) in [6.07, 6.45) is 0.783. The first kappa shape index (κ1) is 16.3. The highest BCUT2D eigenvalue weighted by molar-refractivity contribution is 7.93. The monoisotopic (exact) mass is 346 g/mol. The maximum atomic E-state index is 12.5. The van der Waals surface area contributed by atoms with Crippen molar-refractivity contribution in [3.05, 3.63) is 20.8 Å². The fourth-order valence-electron chi connectivity index (χ4n) is 1.88. The van der Waals surface area contributed by atoms with Crippen LogP contribution in [0.1, 0.15) is 29.3 Å². The van der Waals surface area contributed by atoms with E-state index in [1.807, 2.05) is 0 Å². The average Bonchev–Trinajstić information content (AvgIpc) is 2.94. The lowest BCUT2D eigenvalue weighted by molar-refractivity contribution is 0.600. The molecule has 0 bridgehead atoms. The molecule has 2 aromatic heterocycles. The Bertz CT molecular complexity index is 719. The lowest BCUT2D eigenvalue weighted by Gasteiger charge is -2.06. The van der Waals surface area contributed by atoms with Gasteiger partial charge in [-0.15, -0.1) is 21.5 Å². The second-order valence-electron chi connectivity index (χ2n) is 5.08. The normalized spacial score (nSPS) is 12.0. The molecule has 0 aliphatic rings. The second-order valence-corrected chi connectivity index (χ2v) is 8.73. The number of rotatable bonds is 6. The van der Waals surface area contributed by atoms with Crippen molar-refractivity contribution in [2.24, 2.45) is 11.7 Å². The molecule has 0 fully saturated rings. The number of thiophene rings is 1. The molecule has 0 saturated heterocycles. The van der Waals surface area contributed by atoms with Crippen molar-refractivity contribution in [3.8, 4) is 0 Å². The van der Waals surface area contributed by atoms with Gasteiger partial charge in [-0.25, -0.2) is 8.42 Å². The van der Waals surface area contributed by atoms with E-state index in [9.17, 15) is 8.42 Å². The second kappa shape index (κ2) is 6.39. The highest BCUT2D eigenvalue weighted by atomic mass is 32.2. The molecule has 6 nitrogen and oxygen atoms in total. The number of aromatic nitrogens is 2. The molecular weight excluding hydrogens is 328 g/mol. The van der Waals surface area contributed by atoms with Gasteiger partial charge in [0.2, 0.25) is 5.13 Å². The van der Waals surface area contributed by atoms with Crippen LogP contribution in [-0.4, -0.2) is 18.6 Å². The summed E-state index contributed by atoms with van der Waals surface area (Å²) in [6.45, 7) is 6.11. The zero-order valence-corrected chi connectivity index (χ0v) is 14.5.